The van der Waals surface area contributed by atoms with E-state index in [0.29, 0.717) is 23.8 Å². The molecule has 1 aromatic heterocycles. The molecule has 0 bridgehead atoms. The fourth-order valence-electron chi connectivity index (χ4n) is 1.77. The molecule has 0 aromatic carbocycles. The fourth-order valence-corrected chi connectivity index (χ4v) is 2.66. The maximum atomic E-state index is 12.1. The van der Waals surface area contributed by atoms with Crippen LogP contribution in [0.5, 0.6) is 0 Å². The van der Waals surface area contributed by atoms with Crippen LogP contribution < -0.4 is 16.0 Å². The number of rotatable bonds is 8. The highest BCUT2D eigenvalue weighted by molar-refractivity contribution is 7.18. The van der Waals surface area contributed by atoms with Crippen LogP contribution in [0.15, 0.2) is 0 Å². The zero-order valence-electron chi connectivity index (χ0n) is 12.6. The number of ether oxygens (including phenoxy) is 1. The molecule has 0 saturated heterocycles. The number of nitrogens with one attached hydrogen (secondary N) is 1. The molecule has 20 heavy (non-hydrogen) atoms. The number of amides is 1. The Bertz CT molecular complexity index is 436. The molecule has 7 heteroatoms. The van der Waals surface area contributed by atoms with Crippen LogP contribution in [0.3, 0.4) is 0 Å². The molecule has 3 N–H and O–H groups in total. The molecule has 114 valence electrons. The molecule has 1 aromatic rings. The minimum absolute atomic E-state index is 0.167. The van der Waals surface area contributed by atoms with Gasteiger partial charge >= 0.3 is 0 Å². The van der Waals surface area contributed by atoms with Gasteiger partial charge in [0.25, 0.3) is 5.91 Å². The summed E-state index contributed by atoms with van der Waals surface area (Å²) in [7, 11) is 3.60. The Balaban J connectivity index is 2.64. The molecule has 1 rings (SSSR count). The summed E-state index contributed by atoms with van der Waals surface area (Å²) in [5, 5.41) is 3.64. The number of hydrogen-bond donors (Lipinski definition) is 2. The minimum Gasteiger partial charge on any atom is -0.384 e. The van der Waals surface area contributed by atoms with Gasteiger partial charge in [-0.15, -0.1) is 0 Å². The Morgan fingerprint density at radius 1 is 1.60 bits per heavy atom. The number of aromatic nitrogens is 1. The minimum atomic E-state index is -0.167. The van der Waals surface area contributed by atoms with Gasteiger partial charge < -0.3 is 20.7 Å². The monoisotopic (exact) mass is 300 g/mol. The normalized spacial score (nSPS) is 12.2. The van der Waals surface area contributed by atoms with Crippen LogP contribution in [0.2, 0.25) is 0 Å². The summed E-state index contributed by atoms with van der Waals surface area (Å²) in [6.07, 6.45) is 1.02. The van der Waals surface area contributed by atoms with Crippen molar-refractivity contribution in [2.24, 2.45) is 5.92 Å². The second-order valence-electron chi connectivity index (χ2n) is 4.90. The number of nitrogen functional groups attached to an aromatic ring is 1. The number of carbonyl (C=O) groups is 1. The smallest absolute Gasteiger partial charge is 0.265 e. The van der Waals surface area contributed by atoms with Gasteiger partial charge in [0.15, 0.2) is 5.13 Å². The van der Waals surface area contributed by atoms with E-state index in [1.54, 1.807) is 7.11 Å². The van der Waals surface area contributed by atoms with Crippen molar-refractivity contribution >= 4 is 28.2 Å². The molecule has 1 unspecified atom stereocenters. The van der Waals surface area contributed by atoms with Crippen molar-refractivity contribution in [2.45, 2.75) is 20.3 Å². The van der Waals surface area contributed by atoms with E-state index in [4.69, 9.17) is 10.5 Å². The third kappa shape index (κ3) is 4.64. The highest BCUT2D eigenvalue weighted by Gasteiger charge is 2.18. The lowest BCUT2D eigenvalue weighted by atomic mass is 10.2. The second kappa shape index (κ2) is 8.06. The zero-order valence-corrected chi connectivity index (χ0v) is 13.4. The third-order valence-corrected chi connectivity index (χ3v) is 3.98. The topological polar surface area (TPSA) is 80.5 Å². The van der Waals surface area contributed by atoms with E-state index in [0.717, 1.165) is 18.1 Å². The summed E-state index contributed by atoms with van der Waals surface area (Å²) < 4.78 is 5.04. The summed E-state index contributed by atoms with van der Waals surface area (Å²) >= 11 is 1.33. The van der Waals surface area contributed by atoms with Crippen molar-refractivity contribution in [3.63, 3.8) is 0 Å². The Labute approximate surface area is 124 Å². The Morgan fingerprint density at radius 2 is 2.30 bits per heavy atom. The van der Waals surface area contributed by atoms with Crippen molar-refractivity contribution in [3.8, 4) is 0 Å². The molecule has 0 aliphatic heterocycles. The molecular weight excluding hydrogens is 276 g/mol. The van der Waals surface area contributed by atoms with Crippen molar-refractivity contribution in [1.29, 1.82) is 0 Å². The average molecular weight is 300 g/mol. The standard InChI is InChI=1S/C13H24N4O2S/c1-5-6-17(3)13-16-11(14)10(20-13)12(18)15-7-9(2)8-19-4/h9H,5-8,14H2,1-4H3,(H,15,18). The lowest BCUT2D eigenvalue weighted by molar-refractivity contribution is 0.0939. The molecule has 1 amide bonds. The molecule has 1 heterocycles. The number of methoxy groups -OCH3 is 1. The van der Waals surface area contributed by atoms with Crippen molar-refractivity contribution < 1.29 is 9.53 Å². The fraction of sp³-hybridized carbons (Fsp3) is 0.692. The van der Waals surface area contributed by atoms with Crippen LogP contribution in [0, 0.1) is 5.92 Å². The Morgan fingerprint density at radius 3 is 2.90 bits per heavy atom. The molecule has 0 radical (unpaired) electrons. The lowest BCUT2D eigenvalue weighted by Gasteiger charge is -2.13. The number of carbonyl (C=O) groups excluding carboxylic acids is 1. The van der Waals surface area contributed by atoms with Gasteiger partial charge in [-0.3, -0.25) is 4.79 Å². The number of hydrogen-bond acceptors (Lipinski definition) is 6. The van der Waals surface area contributed by atoms with Gasteiger partial charge in [-0.1, -0.05) is 25.2 Å². The maximum Gasteiger partial charge on any atom is 0.265 e. The summed E-state index contributed by atoms with van der Waals surface area (Å²) in [6, 6.07) is 0. The zero-order chi connectivity index (χ0) is 15.1. The van der Waals surface area contributed by atoms with Crippen LogP contribution >= 0.6 is 11.3 Å². The Kier molecular flexibility index (Phi) is 6.74. The van der Waals surface area contributed by atoms with Crippen LogP contribution in [0.1, 0.15) is 29.9 Å². The van der Waals surface area contributed by atoms with E-state index in [2.05, 4.69) is 17.2 Å². The van der Waals surface area contributed by atoms with E-state index in [1.807, 2.05) is 18.9 Å². The number of nitrogens with two attached hydrogens (primary N) is 1. The van der Waals surface area contributed by atoms with Gasteiger partial charge in [-0.2, -0.15) is 0 Å². The van der Waals surface area contributed by atoms with Crippen molar-refractivity contribution in [3.05, 3.63) is 4.88 Å². The molecule has 6 nitrogen and oxygen atoms in total. The first-order chi connectivity index (χ1) is 9.49. The molecular formula is C13H24N4O2S. The molecule has 0 saturated carbocycles. The first kappa shape index (κ1) is 16.7. The SMILES string of the molecule is CCCN(C)c1nc(N)c(C(=O)NCC(C)COC)s1. The largest absolute Gasteiger partial charge is 0.384 e. The lowest BCUT2D eigenvalue weighted by Crippen LogP contribution is -2.29. The quantitative estimate of drug-likeness (QED) is 0.762. The third-order valence-electron chi connectivity index (χ3n) is 2.80. The van der Waals surface area contributed by atoms with Crippen LogP contribution in [0.4, 0.5) is 10.9 Å². The first-order valence-electron chi connectivity index (χ1n) is 6.74. The van der Waals surface area contributed by atoms with E-state index in [9.17, 15) is 4.79 Å². The number of nitrogens with zero attached hydrogens (tertiary/aromatic N) is 2. The van der Waals surface area contributed by atoms with Gasteiger partial charge in [0, 0.05) is 27.2 Å². The van der Waals surface area contributed by atoms with E-state index >= 15 is 0 Å². The highest BCUT2D eigenvalue weighted by Crippen LogP contribution is 2.27. The van der Waals surface area contributed by atoms with E-state index in [1.165, 1.54) is 11.3 Å². The molecule has 0 fully saturated rings. The maximum absolute atomic E-state index is 12.1. The van der Waals surface area contributed by atoms with Crippen molar-refractivity contribution in [2.75, 3.05) is 44.5 Å². The van der Waals surface area contributed by atoms with Crippen LogP contribution in [0.25, 0.3) is 0 Å². The van der Waals surface area contributed by atoms with E-state index < -0.39 is 0 Å². The molecule has 0 spiro atoms. The van der Waals surface area contributed by atoms with E-state index in [-0.39, 0.29) is 11.8 Å². The molecule has 0 aliphatic carbocycles. The van der Waals surface area contributed by atoms with Gasteiger partial charge in [0.2, 0.25) is 0 Å². The average Bonchev–Trinajstić information content (AvgIpc) is 2.79. The summed E-state index contributed by atoms with van der Waals surface area (Å²) in [5.74, 6) is 0.393. The molecule has 0 aliphatic rings. The number of anilines is 2. The van der Waals surface area contributed by atoms with Gasteiger partial charge in [0.1, 0.15) is 10.7 Å². The van der Waals surface area contributed by atoms with Crippen LogP contribution in [-0.2, 0) is 4.74 Å². The molecule has 1 atom stereocenters. The van der Waals surface area contributed by atoms with Gasteiger partial charge in [-0.25, -0.2) is 4.98 Å². The Hall–Kier alpha value is -1.34. The second-order valence-corrected chi connectivity index (χ2v) is 5.88. The first-order valence-corrected chi connectivity index (χ1v) is 7.55. The van der Waals surface area contributed by atoms with Crippen LogP contribution in [-0.4, -0.2) is 44.7 Å². The van der Waals surface area contributed by atoms with Crippen molar-refractivity contribution in [1.82, 2.24) is 10.3 Å². The predicted octanol–water partition coefficient (Wildman–Crippen LogP) is 1.58. The highest BCUT2D eigenvalue weighted by atomic mass is 32.1. The van der Waals surface area contributed by atoms with Gasteiger partial charge in [-0.05, 0) is 12.3 Å². The summed E-state index contributed by atoms with van der Waals surface area (Å²) in [6.45, 7) is 6.17. The summed E-state index contributed by atoms with van der Waals surface area (Å²) in [4.78, 5) is 18.8. The van der Waals surface area contributed by atoms with Gasteiger partial charge in [0.05, 0.1) is 6.61 Å². The summed E-state index contributed by atoms with van der Waals surface area (Å²) in [5.41, 5.74) is 5.83. The predicted molar refractivity (Wildman–Crippen MR) is 83.5 cm³/mol. The number of thiazole rings is 1.